The van der Waals surface area contributed by atoms with Gasteiger partial charge in [-0.05, 0) is 29.8 Å². The number of nitro groups is 1. The SMILES string of the molecule is Cl.N=c1n(CCO)c2ccccc2n1N=Cc1ccc([N+](=O)[O-])cc1. The summed E-state index contributed by atoms with van der Waals surface area (Å²) in [6.45, 7) is 0.232. The quantitative estimate of drug-likeness (QED) is 0.412. The third-order valence-electron chi connectivity index (χ3n) is 3.61. The zero-order valence-electron chi connectivity index (χ0n) is 13.1. The molecule has 0 aliphatic carbocycles. The average molecular weight is 362 g/mol. The van der Waals surface area contributed by atoms with Gasteiger partial charge in [0.15, 0.2) is 0 Å². The van der Waals surface area contributed by atoms with Crippen LogP contribution < -0.4 is 5.62 Å². The Morgan fingerprint density at radius 3 is 2.40 bits per heavy atom. The molecule has 0 saturated carbocycles. The van der Waals surface area contributed by atoms with E-state index in [1.54, 1.807) is 16.7 Å². The number of rotatable bonds is 5. The Labute approximate surface area is 148 Å². The Morgan fingerprint density at radius 1 is 1.16 bits per heavy atom. The van der Waals surface area contributed by atoms with E-state index < -0.39 is 4.92 Å². The first-order valence-electron chi connectivity index (χ1n) is 7.26. The second-order valence-electron chi connectivity index (χ2n) is 5.09. The van der Waals surface area contributed by atoms with Gasteiger partial charge in [0.05, 0.1) is 28.8 Å². The number of nitrogens with one attached hydrogen (secondary N) is 1. The first kappa shape index (κ1) is 18.4. The predicted molar refractivity (Wildman–Crippen MR) is 96.2 cm³/mol. The molecule has 130 valence electrons. The van der Waals surface area contributed by atoms with E-state index in [2.05, 4.69) is 5.10 Å². The van der Waals surface area contributed by atoms with Crippen LogP contribution in [-0.4, -0.2) is 32.1 Å². The molecule has 1 heterocycles. The molecule has 0 aliphatic heterocycles. The molecule has 8 nitrogen and oxygen atoms in total. The van der Waals surface area contributed by atoms with E-state index in [0.29, 0.717) is 12.1 Å². The molecule has 9 heteroatoms. The lowest BCUT2D eigenvalue weighted by atomic mass is 10.2. The number of non-ortho nitro benzene ring substituents is 1. The predicted octanol–water partition coefficient (Wildman–Crippen LogP) is 2.13. The number of nitrogens with zero attached hydrogens (tertiary/aromatic N) is 4. The summed E-state index contributed by atoms with van der Waals surface area (Å²) in [6, 6.07) is 13.4. The van der Waals surface area contributed by atoms with Crippen molar-refractivity contribution in [1.29, 1.82) is 5.41 Å². The molecular weight excluding hydrogens is 346 g/mol. The molecule has 1 aromatic heterocycles. The van der Waals surface area contributed by atoms with Gasteiger partial charge in [-0.15, -0.1) is 12.4 Å². The molecule has 0 aliphatic rings. The van der Waals surface area contributed by atoms with Gasteiger partial charge in [-0.2, -0.15) is 9.78 Å². The summed E-state index contributed by atoms with van der Waals surface area (Å²) >= 11 is 0. The molecule has 3 aromatic rings. The van der Waals surface area contributed by atoms with Crippen molar-refractivity contribution in [2.75, 3.05) is 6.61 Å². The zero-order valence-corrected chi connectivity index (χ0v) is 13.9. The van der Waals surface area contributed by atoms with E-state index in [1.807, 2.05) is 24.3 Å². The Kier molecular flexibility index (Phi) is 5.68. The van der Waals surface area contributed by atoms with E-state index in [1.165, 1.54) is 23.0 Å². The summed E-state index contributed by atoms with van der Waals surface area (Å²) in [5, 5.41) is 32.4. The fourth-order valence-electron chi connectivity index (χ4n) is 2.46. The highest BCUT2D eigenvalue weighted by atomic mass is 35.5. The normalized spacial score (nSPS) is 10.9. The van der Waals surface area contributed by atoms with Gasteiger partial charge in [-0.1, -0.05) is 12.1 Å². The van der Waals surface area contributed by atoms with Gasteiger partial charge >= 0.3 is 0 Å². The number of nitro benzene ring substituents is 1. The van der Waals surface area contributed by atoms with Crippen LogP contribution in [0.3, 0.4) is 0 Å². The maximum Gasteiger partial charge on any atom is 0.269 e. The minimum atomic E-state index is -0.458. The number of halogens is 1. The van der Waals surface area contributed by atoms with Gasteiger partial charge < -0.3 is 9.67 Å². The molecule has 3 rings (SSSR count). The van der Waals surface area contributed by atoms with Crippen molar-refractivity contribution >= 4 is 35.3 Å². The molecule has 0 radical (unpaired) electrons. The third kappa shape index (κ3) is 3.59. The molecule has 0 amide bonds. The summed E-state index contributed by atoms with van der Waals surface area (Å²) in [4.78, 5) is 10.2. The monoisotopic (exact) mass is 361 g/mol. The lowest BCUT2D eigenvalue weighted by molar-refractivity contribution is -0.384. The van der Waals surface area contributed by atoms with Crippen molar-refractivity contribution in [3.8, 4) is 0 Å². The first-order chi connectivity index (χ1) is 11.6. The number of hydrogen-bond acceptors (Lipinski definition) is 5. The van der Waals surface area contributed by atoms with Crippen LogP contribution in [0.4, 0.5) is 5.69 Å². The molecule has 0 bridgehead atoms. The fraction of sp³-hybridized carbons (Fsp3) is 0.125. The summed E-state index contributed by atoms with van der Waals surface area (Å²) in [6.07, 6.45) is 1.54. The largest absolute Gasteiger partial charge is 0.395 e. The smallest absolute Gasteiger partial charge is 0.269 e. The Bertz CT molecular complexity index is 976. The van der Waals surface area contributed by atoms with Gasteiger partial charge in [-0.25, -0.2) is 0 Å². The van der Waals surface area contributed by atoms with Crippen LogP contribution in [0.15, 0.2) is 53.6 Å². The van der Waals surface area contributed by atoms with Gasteiger partial charge in [0.1, 0.15) is 0 Å². The van der Waals surface area contributed by atoms with Gasteiger partial charge in [0.25, 0.3) is 5.69 Å². The van der Waals surface area contributed by atoms with Crippen LogP contribution in [0, 0.1) is 15.5 Å². The number of para-hydroxylation sites is 2. The van der Waals surface area contributed by atoms with E-state index >= 15 is 0 Å². The molecule has 0 unspecified atom stereocenters. The molecule has 0 spiro atoms. The zero-order chi connectivity index (χ0) is 17.1. The number of hydrogen-bond donors (Lipinski definition) is 2. The van der Waals surface area contributed by atoms with Gasteiger partial charge in [0, 0.05) is 18.7 Å². The number of imidazole rings is 1. The minimum Gasteiger partial charge on any atom is -0.395 e. The topological polar surface area (TPSA) is 109 Å². The van der Waals surface area contributed by atoms with Crippen molar-refractivity contribution < 1.29 is 10.0 Å². The van der Waals surface area contributed by atoms with E-state index in [-0.39, 0.29) is 30.3 Å². The lowest BCUT2D eigenvalue weighted by Crippen LogP contribution is -2.23. The number of benzene rings is 2. The maximum atomic E-state index is 10.7. The minimum absolute atomic E-state index is 0. The van der Waals surface area contributed by atoms with E-state index in [4.69, 9.17) is 5.41 Å². The molecule has 0 atom stereocenters. The van der Waals surface area contributed by atoms with E-state index in [9.17, 15) is 15.2 Å². The average Bonchev–Trinajstić information content (AvgIpc) is 2.86. The molecule has 2 aromatic carbocycles. The number of aliphatic hydroxyl groups is 1. The van der Waals surface area contributed by atoms with Crippen LogP contribution in [0.1, 0.15) is 5.56 Å². The Hall–Kier alpha value is -2.97. The van der Waals surface area contributed by atoms with Crippen molar-refractivity contribution in [3.63, 3.8) is 0 Å². The molecule has 2 N–H and O–H groups in total. The summed E-state index contributed by atoms with van der Waals surface area (Å²) in [5.41, 5.74) is 2.39. The Balaban J connectivity index is 0.00000225. The summed E-state index contributed by atoms with van der Waals surface area (Å²) in [5.74, 6) is 0. The summed E-state index contributed by atoms with van der Waals surface area (Å²) in [7, 11) is 0. The van der Waals surface area contributed by atoms with Crippen LogP contribution in [0.25, 0.3) is 11.0 Å². The van der Waals surface area contributed by atoms with Crippen molar-refractivity contribution in [2.24, 2.45) is 5.10 Å². The molecule has 0 fully saturated rings. The van der Waals surface area contributed by atoms with E-state index in [0.717, 1.165) is 11.0 Å². The highest BCUT2D eigenvalue weighted by Gasteiger charge is 2.09. The second kappa shape index (κ2) is 7.73. The molecular formula is C16H16ClN5O3. The molecule has 0 saturated heterocycles. The number of aromatic nitrogens is 2. The lowest BCUT2D eigenvalue weighted by Gasteiger charge is -1.99. The maximum absolute atomic E-state index is 10.7. The highest BCUT2D eigenvalue weighted by Crippen LogP contribution is 2.13. The van der Waals surface area contributed by atoms with Gasteiger partial charge in [0.2, 0.25) is 5.62 Å². The highest BCUT2D eigenvalue weighted by molar-refractivity contribution is 5.85. The molecule has 25 heavy (non-hydrogen) atoms. The third-order valence-corrected chi connectivity index (χ3v) is 3.61. The first-order valence-corrected chi connectivity index (χ1v) is 7.26. The van der Waals surface area contributed by atoms with Crippen LogP contribution in [0.5, 0.6) is 0 Å². The fourth-order valence-corrected chi connectivity index (χ4v) is 2.46. The van der Waals surface area contributed by atoms with Crippen molar-refractivity contribution in [3.05, 3.63) is 69.8 Å². The number of fused-ring (bicyclic) bond motifs is 1. The summed E-state index contributed by atoms with van der Waals surface area (Å²) < 4.78 is 3.13. The van der Waals surface area contributed by atoms with Crippen LogP contribution >= 0.6 is 12.4 Å². The second-order valence-corrected chi connectivity index (χ2v) is 5.09. The van der Waals surface area contributed by atoms with Crippen LogP contribution in [-0.2, 0) is 6.54 Å². The number of aliphatic hydroxyl groups excluding tert-OH is 1. The van der Waals surface area contributed by atoms with Crippen LogP contribution in [0.2, 0.25) is 0 Å². The standard InChI is InChI=1S/C16H15N5O3.ClH/c17-16-19(9-10-22)14-3-1-2-4-15(14)20(16)18-11-12-5-7-13(8-6-12)21(23)24;/h1-8,11,17,22H,9-10H2;1H. The Morgan fingerprint density at radius 2 is 1.80 bits per heavy atom. The van der Waals surface area contributed by atoms with Gasteiger partial charge in [-0.3, -0.25) is 15.5 Å². The van der Waals surface area contributed by atoms with Crippen molar-refractivity contribution in [2.45, 2.75) is 6.54 Å². The van der Waals surface area contributed by atoms with Crippen molar-refractivity contribution in [1.82, 2.24) is 9.24 Å².